The van der Waals surface area contributed by atoms with E-state index in [0.29, 0.717) is 0 Å². The maximum absolute atomic E-state index is 12.6. The van der Waals surface area contributed by atoms with Crippen molar-refractivity contribution in [2.45, 2.75) is 30.0 Å². The average molecular weight is 420 g/mol. The largest absolute Gasteiger partial charge is 0.341 e. The van der Waals surface area contributed by atoms with Gasteiger partial charge in [0.15, 0.2) is 0 Å². The molecular formula is C20H18F2N2O4S. The molecule has 2 aromatic carbocycles. The summed E-state index contributed by atoms with van der Waals surface area (Å²) < 4.78 is 48.1. The average Bonchev–Trinajstić information content (AvgIpc) is 2.68. The standard InChI is InChI=1S/C20H18F2N2O4S/c1-13(25)24-11-10-14-4-2-3-5-17(14)18(24)12-19(26)23-15-6-8-16(9-7-15)29(27,28)20(21)22/h2-11,18,20H,12H2,1H3,(H,23,26). The minimum atomic E-state index is -4.69. The topological polar surface area (TPSA) is 83.6 Å². The Labute approximate surface area is 166 Å². The van der Waals surface area contributed by atoms with Gasteiger partial charge in [-0.15, -0.1) is 0 Å². The Balaban J connectivity index is 1.76. The predicted molar refractivity (Wildman–Crippen MR) is 104 cm³/mol. The molecule has 0 aliphatic carbocycles. The maximum atomic E-state index is 12.6. The number of nitrogens with one attached hydrogen (secondary N) is 1. The van der Waals surface area contributed by atoms with Gasteiger partial charge in [0.2, 0.25) is 21.7 Å². The van der Waals surface area contributed by atoms with Gasteiger partial charge in [-0.2, -0.15) is 8.78 Å². The van der Waals surface area contributed by atoms with E-state index in [2.05, 4.69) is 5.32 Å². The Hall–Kier alpha value is -3.07. The zero-order valence-electron chi connectivity index (χ0n) is 15.4. The van der Waals surface area contributed by atoms with Gasteiger partial charge in [-0.3, -0.25) is 9.59 Å². The lowest BCUT2D eigenvalue weighted by molar-refractivity contribution is -0.129. The third-order valence-electron chi connectivity index (χ3n) is 4.55. The molecule has 1 aliphatic heterocycles. The lowest BCUT2D eigenvalue weighted by atomic mass is 9.93. The number of amides is 2. The van der Waals surface area contributed by atoms with Gasteiger partial charge in [-0.05, 0) is 41.5 Å². The summed E-state index contributed by atoms with van der Waals surface area (Å²) in [6.07, 6.45) is 3.40. The van der Waals surface area contributed by atoms with Crippen molar-refractivity contribution >= 4 is 33.4 Å². The SMILES string of the molecule is CC(=O)N1C=Cc2ccccc2C1CC(=O)Nc1ccc(S(=O)(=O)C(F)F)cc1. The molecule has 0 saturated heterocycles. The van der Waals surface area contributed by atoms with E-state index in [1.54, 1.807) is 12.3 Å². The molecule has 0 aromatic heterocycles. The van der Waals surface area contributed by atoms with Crippen LogP contribution in [0.2, 0.25) is 0 Å². The molecule has 1 aliphatic rings. The van der Waals surface area contributed by atoms with Crippen LogP contribution in [0, 0.1) is 0 Å². The molecule has 2 aromatic rings. The number of fused-ring (bicyclic) bond motifs is 1. The molecule has 6 nitrogen and oxygen atoms in total. The molecule has 0 spiro atoms. The number of nitrogens with zero attached hydrogens (tertiary/aromatic N) is 1. The predicted octanol–water partition coefficient (Wildman–Crippen LogP) is 3.59. The van der Waals surface area contributed by atoms with Crippen molar-refractivity contribution in [1.82, 2.24) is 4.90 Å². The molecular weight excluding hydrogens is 402 g/mol. The summed E-state index contributed by atoms with van der Waals surface area (Å²) in [6, 6.07) is 11.4. The minimum Gasteiger partial charge on any atom is -0.326 e. The fraction of sp³-hybridized carbons (Fsp3) is 0.200. The van der Waals surface area contributed by atoms with Crippen molar-refractivity contribution in [3.8, 4) is 0 Å². The minimum absolute atomic E-state index is 0.0297. The van der Waals surface area contributed by atoms with Crippen molar-refractivity contribution in [2.75, 3.05) is 5.32 Å². The molecule has 1 heterocycles. The van der Waals surface area contributed by atoms with Crippen molar-refractivity contribution in [3.63, 3.8) is 0 Å². The normalized spacial score (nSPS) is 15.9. The fourth-order valence-electron chi connectivity index (χ4n) is 3.13. The molecule has 0 radical (unpaired) electrons. The number of benzene rings is 2. The highest BCUT2D eigenvalue weighted by Gasteiger charge is 2.29. The van der Waals surface area contributed by atoms with Crippen LogP contribution in [0.25, 0.3) is 6.08 Å². The van der Waals surface area contributed by atoms with Gasteiger partial charge in [0.1, 0.15) is 0 Å². The zero-order chi connectivity index (χ0) is 21.2. The molecule has 9 heteroatoms. The highest BCUT2D eigenvalue weighted by atomic mass is 32.2. The van der Waals surface area contributed by atoms with Crippen LogP contribution in [0.3, 0.4) is 0 Å². The van der Waals surface area contributed by atoms with Crippen molar-refractivity contribution in [3.05, 3.63) is 65.9 Å². The van der Waals surface area contributed by atoms with Crippen LogP contribution in [0.15, 0.2) is 59.6 Å². The van der Waals surface area contributed by atoms with Crippen LogP contribution in [-0.4, -0.2) is 30.9 Å². The lowest BCUT2D eigenvalue weighted by Gasteiger charge is -2.32. The molecule has 29 heavy (non-hydrogen) atoms. The first-order valence-corrected chi connectivity index (χ1v) is 10.2. The summed E-state index contributed by atoms with van der Waals surface area (Å²) in [6.45, 7) is 1.41. The Morgan fingerprint density at radius 2 is 1.76 bits per heavy atom. The number of sulfone groups is 1. The third kappa shape index (κ3) is 4.34. The van der Waals surface area contributed by atoms with E-state index in [-0.39, 0.29) is 18.0 Å². The van der Waals surface area contributed by atoms with E-state index >= 15 is 0 Å². The first-order chi connectivity index (χ1) is 13.7. The first kappa shape index (κ1) is 20.7. The number of carbonyl (C=O) groups is 2. The Morgan fingerprint density at radius 3 is 2.38 bits per heavy atom. The second kappa shape index (κ2) is 8.12. The van der Waals surface area contributed by atoms with Crippen LogP contribution in [-0.2, 0) is 19.4 Å². The lowest BCUT2D eigenvalue weighted by Crippen LogP contribution is -2.33. The van der Waals surface area contributed by atoms with Crippen LogP contribution in [0.4, 0.5) is 14.5 Å². The van der Waals surface area contributed by atoms with Crippen LogP contribution < -0.4 is 5.32 Å². The quantitative estimate of drug-likeness (QED) is 0.801. The fourth-order valence-corrected chi connectivity index (χ4v) is 3.85. The Kier molecular flexibility index (Phi) is 5.78. The van der Waals surface area contributed by atoms with Crippen LogP contribution in [0.5, 0.6) is 0 Å². The zero-order valence-corrected chi connectivity index (χ0v) is 16.2. The molecule has 0 bridgehead atoms. The second-order valence-corrected chi connectivity index (χ2v) is 8.39. The summed E-state index contributed by atoms with van der Waals surface area (Å²) >= 11 is 0. The molecule has 152 valence electrons. The number of hydrogen-bond donors (Lipinski definition) is 1. The van der Waals surface area contributed by atoms with E-state index in [1.807, 2.05) is 24.3 Å². The Bertz CT molecular complexity index is 1070. The van der Waals surface area contributed by atoms with Gasteiger partial charge < -0.3 is 10.2 Å². The van der Waals surface area contributed by atoms with E-state index in [1.165, 1.54) is 24.0 Å². The number of alkyl halides is 2. The van der Waals surface area contributed by atoms with E-state index < -0.39 is 32.4 Å². The molecule has 1 atom stereocenters. The van der Waals surface area contributed by atoms with Crippen LogP contribution >= 0.6 is 0 Å². The number of rotatable bonds is 5. The van der Waals surface area contributed by atoms with E-state index in [4.69, 9.17) is 0 Å². The maximum Gasteiger partial charge on any atom is 0.341 e. The highest BCUT2D eigenvalue weighted by molar-refractivity contribution is 7.91. The van der Waals surface area contributed by atoms with Crippen LogP contribution in [0.1, 0.15) is 30.5 Å². The van der Waals surface area contributed by atoms with Gasteiger partial charge in [0, 0.05) is 18.8 Å². The van der Waals surface area contributed by atoms with E-state index in [0.717, 1.165) is 23.3 Å². The number of hydrogen-bond acceptors (Lipinski definition) is 4. The number of halogens is 2. The summed E-state index contributed by atoms with van der Waals surface area (Å²) in [5.74, 6) is -4.13. The van der Waals surface area contributed by atoms with Gasteiger partial charge in [-0.25, -0.2) is 8.42 Å². The molecule has 0 fully saturated rings. The van der Waals surface area contributed by atoms with Gasteiger partial charge >= 0.3 is 5.76 Å². The number of carbonyl (C=O) groups excluding carboxylic acids is 2. The Morgan fingerprint density at radius 1 is 1.10 bits per heavy atom. The second-order valence-electron chi connectivity index (χ2n) is 6.47. The summed E-state index contributed by atoms with van der Waals surface area (Å²) in [5, 5.41) is 2.60. The van der Waals surface area contributed by atoms with E-state index in [9.17, 15) is 26.8 Å². The smallest absolute Gasteiger partial charge is 0.326 e. The van der Waals surface area contributed by atoms with Gasteiger partial charge in [0.05, 0.1) is 17.4 Å². The monoisotopic (exact) mass is 420 g/mol. The van der Waals surface area contributed by atoms with Gasteiger partial charge in [-0.1, -0.05) is 24.3 Å². The third-order valence-corrected chi connectivity index (χ3v) is 5.95. The molecule has 0 saturated carbocycles. The molecule has 3 rings (SSSR count). The molecule has 1 unspecified atom stereocenters. The summed E-state index contributed by atoms with van der Waals surface area (Å²) in [5.41, 5.74) is 2.00. The van der Waals surface area contributed by atoms with Crippen molar-refractivity contribution in [1.29, 1.82) is 0 Å². The highest BCUT2D eigenvalue weighted by Crippen LogP contribution is 2.33. The first-order valence-electron chi connectivity index (χ1n) is 8.68. The number of anilines is 1. The summed E-state index contributed by atoms with van der Waals surface area (Å²) in [7, 11) is -4.69. The molecule has 1 N–H and O–H groups in total. The molecule has 2 amide bonds. The van der Waals surface area contributed by atoms with Crippen molar-refractivity contribution in [2.24, 2.45) is 0 Å². The van der Waals surface area contributed by atoms with Gasteiger partial charge in [0.25, 0.3) is 0 Å². The summed E-state index contributed by atoms with van der Waals surface area (Å²) in [4.78, 5) is 25.5. The van der Waals surface area contributed by atoms with Crippen molar-refractivity contribution < 1.29 is 26.8 Å².